The van der Waals surface area contributed by atoms with Crippen LogP contribution >= 0.6 is 27.3 Å². The summed E-state index contributed by atoms with van der Waals surface area (Å²) in [4.78, 5) is 68.0. The Hall–Kier alpha value is -4.67. The quantitative estimate of drug-likeness (QED) is 0.0727. The number of thiazole rings is 1. The SMILES string of the molecule is Cc1ncsc1-c1ccc([C@H](CO[C@@H](CN2CCC(c3ccc4c(c3)C(CCC3CCCC3)c3nc(=O)c5c(Br)cccc5n3-4)CC2)C2CC2)NC(=O)[C@H]2CCC(C(=O)[C@@H](NC(=O)C3(F)CC3)C(C)(C)C)C[C@H](O)C2)cc1. The molecule has 2 amide bonds. The number of likely N-dealkylation sites (tertiary alicyclic amines) is 1. The van der Waals surface area contributed by atoms with Crippen LogP contribution in [-0.4, -0.2) is 92.3 Å². The van der Waals surface area contributed by atoms with Crippen molar-refractivity contribution in [1.82, 2.24) is 30.1 Å². The van der Waals surface area contributed by atoms with Crippen LogP contribution in [0.25, 0.3) is 27.0 Å². The van der Waals surface area contributed by atoms with Crippen molar-refractivity contribution >= 4 is 55.8 Å². The second kappa shape index (κ2) is 22.5. The lowest BCUT2D eigenvalue weighted by atomic mass is 9.78. The van der Waals surface area contributed by atoms with Crippen LogP contribution in [0.4, 0.5) is 4.39 Å². The highest BCUT2D eigenvalue weighted by Gasteiger charge is 2.53. The molecule has 11 rings (SSSR count). The first kappa shape index (κ1) is 54.3. The molecule has 3 N–H and O–H groups in total. The van der Waals surface area contributed by atoms with E-state index in [2.05, 4.69) is 89.5 Å². The topological polar surface area (TPSA) is 156 Å². The third kappa shape index (κ3) is 11.8. The molecule has 4 saturated carbocycles. The summed E-state index contributed by atoms with van der Waals surface area (Å²) < 4.78 is 24.8. The first-order valence-corrected chi connectivity index (χ1v) is 30.4. The predicted octanol–water partition coefficient (Wildman–Crippen LogP) is 11.6. The number of fused-ring (bicyclic) bond motifs is 5. The van der Waals surface area contributed by atoms with Crippen LogP contribution < -0.4 is 16.2 Å². The maximum Gasteiger partial charge on any atom is 0.281 e. The first-order valence-electron chi connectivity index (χ1n) is 28.7. The Bertz CT molecular complexity index is 3040. The van der Waals surface area contributed by atoms with Crippen LogP contribution in [0.1, 0.15) is 170 Å². The van der Waals surface area contributed by atoms with Gasteiger partial charge in [0.25, 0.3) is 11.5 Å². The molecule has 2 aromatic heterocycles. The molecule has 5 aromatic rings. The fraction of sp³-hybridized carbons (Fsp3) is 0.581. The average Bonchev–Trinajstić information content (AvgIpc) is 4.47. The molecule has 4 heterocycles. The molecule has 0 spiro atoms. The maximum absolute atomic E-state index is 14.8. The predicted molar refractivity (Wildman–Crippen MR) is 303 cm³/mol. The van der Waals surface area contributed by atoms with E-state index in [1.54, 1.807) is 11.3 Å². The van der Waals surface area contributed by atoms with Crippen LogP contribution in [0.15, 0.2) is 75.4 Å². The fourth-order valence-electron chi connectivity index (χ4n) is 13.3. The highest BCUT2D eigenvalue weighted by molar-refractivity contribution is 9.10. The van der Waals surface area contributed by atoms with Gasteiger partial charge in [0.1, 0.15) is 5.82 Å². The zero-order valence-electron chi connectivity index (χ0n) is 45.2. The standard InChI is InChI=1S/C62H76BrFN6O6S/c1-36-55(77-35-65-36)41-17-13-39(14-18-41)49(66-58(73)44-20-19-43(30-45(71)31-44)54(72)56(61(2,3)4)67-60(75)62(64)26-27-62)34-76-52(40-15-16-40)33-69-28-24-38(25-29-69)42-21-23-50-47(32-42)46(22-12-37-8-5-6-9-37)57-68-59(74)53-48(63)10-7-11-51(53)70(50)57/h7,10-11,13-14,17-18,21,23,32,35,37-38,40,43-46,49,52,56,71H,5-6,8-9,12,15-16,19-20,22,24-31,33-34H2,1-4H3,(H,66,73)(H,67,75)/t43?,44-,45-,46?,49-,52-,56+/m0/s1. The number of nitrogens with one attached hydrogen (secondary N) is 2. The minimum absolute atomic E-state index is 0.00407. The number of aliphatic hydroxyl groups excluding tert-OH is 1. The number of amides is 2. The van der Waals surface area contributed by atoms with Crippen molar-refractivity contribution in [3.05, 3.63) is 109 Å². The molecule has 3 aromatic carbocycles. The molecule has 2 unspecified atom stereocenters. The van der Waals surface area contributed by atoms with Crippen molar-refractivity contribution < 1.29 is 28.6 Å². The number of aliphatic hydroxyl groups is 1. The van der Waals surface area contributed by atoms with Crippen molar-refractivity contribution in [3.8, 4) is 16.1 Å². The van der Waals surface area contributed by atoms with Gasteiger partial charge in [-0.1, -0.05) is 88.9 Å². The number of hydrogen-bond donors (Lipinski definition) is 3. The molecule has 7 atom stereocenters. The van der Waals surface area contributed by atoms with Gasteiger partial charge >= 0.3 is 0 Å². The van der Waals surface area contributed by atoms with Gasteiger partial charge in [0.05, 0.1) is 63.6 Å². The third-order valence-corrected chi connectivity index (χ3v) is 19.9. The summed E-state index contributed by atoms with van der Waals surface area (Å²) in [5.41, 5.74) is 6.77. The van der Waals surface area contributed by atoms with E-state index in [9.17, 15) is 28.7 Å². The van der Waals surface area contributed by atoms with Crippen LogP contribution in [0.5, 0.6) is 0 Å². The van der Waals surface area contributed by atoms with Gasteiger partial charge in [0, 0.05) is 28.8 Å². The monoisotopic (exact) mass is 1130 g/mol. The van der Waals surface area contributed by atoms with E-state index in [0.29, 0.717) is 30.1 Å². The van der Waals surface area contributed by atoms with Crippen LogP contribution in [0.2, 0.25) is 0 Å². The van der Waals surface area contributed by atoms with Gasteiger partial charge in [-0.15, -0.1) is 11.3 Å². The first-order chi connectivity index (χ1) is 37.0. The summed E-state index contributed by atoms with van der Waals surface area (Å²) in [6.45, 7) is 10.6. The van der Waals surface area contributed by atoms with E-state index in [4.69, 9.17) is 9.72 Å². The number of carbonyl (C=O) groups excluding carboxylic acids is 3. The molecule has 2 aliphatic heterocycles. The van der Waals surface area contributed by atoms with Crippen molar-refractivity contribution in [2.45, 2.75) is 172 Å². The summed E-state index contributed by atoms with van der Waals surface area (Å²) >= 11 is 5.25. The van der Waals surface area contributed by atoms with Gasteiger partial charge in [0.2, 0.25) is 5.91 Å². The van der Waals surface area contributed by atoms with Gasteiger partial charge in [0.15, 0.2) is 11.5 Å². The molecule has 0 bridgehead atoms. The number of halogens is 2. The maximum atomic E-state index is 14.8. The number of ketones is 1. The Morgan fingerprint density at radius 3 is 2.34 bits per heavy atom. The van der Waals surface area contributed by atoms with Crippen molar-refractivity contribution in [2.24, 2.45) is 29.1 Å². The van der Waals surface area contributed by atoms with Crippen LogP contribution in [-0.2, 0) is 19.1 Å². The number of alkyl halides is 1. The Labute approximate surface area is 464 Å². The zero-order valence-corrected chi connectivity index (χ0v) is 47.6. The lowest BCUT2D eigenvalue weighted by Crippen LogP contribution is -2.53. The Kier molecular flexibility index (Phi) is 15.8. The number of aryl methyl sites for hydroxylation is 1. The average molecular weight is 1130 g/mol. The molecule has 5 fully saturated rings. The summed E-state index contributed by atoms with van der Waals surface area (Å²) in [6.07, 6.45) is 12.2. The third-order valence-electron chi connectivity index (χ3n) is 18.2. The van der Waals surface area contributed by atoms with Crippen molar-refractivity contribution in [3.63, 3.8) is 0 Å². The van der Waals surface area contributed by atoms with Gasteiger partial charge in [-0.3, -0.25) is 23.7 Å². The lowest BCUT2D eigenvalue weighted by molar-refractivity contribution is -0.136. The molecule has 12 nitrogen and oxygen atoms in total. The molecule has 1 saturated heterocycles. The molecule has 6 aliphatic rings. The number of aromatic nitrogens is 3. The smallest absolute Gasteiger partial charge is 0.281 e. The molecule has 0 radical (unpaired) electrons. The van der Waals surface area contributed by atoms with Crippen molar-refractivity contribution in [1.29, 1.82) is 0 Å². The summed E-state index contributed by atoms with van der Waals surface area (Å²) in [7, 11) is 0. The van der Waals surface area contributed by atoms with Gasteiger partial charge in [-0.2, -0.15) is 4.98 Å². The van der Waals surface area contributed by atoms with Crippen LogP contribution in [0, 0.1) is 36.0 Å². The molecule has 4 aliphatic carbocycles. The number of hydrogen-bond acceptors (Lipinski definition) is 10. The summed E-state index contributed by atoms with van der Waals surface area (Å²) in [5.74, 6) is 0.294. The number of nitrogens with zero attached hydrogens (tertiary/aromatic N) is 4. The Morgan fingerprint density at radius 2 is 1.65 bits per heavy atom. The largest absolute Gasteiger partial charge is 0.393 e. The van der Waals surface area contributed by atoms with E-state index >= 15 is 0 Å². The normalized spacial score (nSPS) is 23.9. The zero-order chi connectivity index (χ0) is 53.8. The lowest BCUT2D eigenvalue weighted by Gasteiger charge is -2.35. The van der Waals surface area contributed by atoms with Gasteiger partial charge in [-0.25, -0.2) is 9.37 Å². The molecule has 410 valence electrons. The van der Waals surface area contributed by atoms with E-state index in [0.717, 1.165) is 107 Å². The Balaban J connectivity index is 0.760. The van der Waals surface area contributed by atoms with E-state index in [1.165, 1.54) is 36.8 Å². The molecular formula is C62H76BrFN6O6S. The minimum Gasteiger partial charge on any atom is -0.393 e. The van der Waals surface area contributed by atoms with Gasteiger partial charge in [-0.05, 0) is 177 Å². The number of rotatable bonds is 18. The van der Waals surface area contributed by atoms with E-state index in [-0.39, 0.29) is 61.6 Å². The Morgan fingerprint density at radius 1 is 0.922 bits per heavy atom. The molecule has 77 heavy (non-hydrogen) atoms. The number of benzene rings is 3. The summed E-state index contributed by atoms with van der Waals surface area (Å²) in [5, 5.41) is 18.1. The van der Waals surface area contributed by atoms with Crippen LogP contribution in [0.3, 0.4) is 0 Å². The highest BCUT2D eigenvalue weighted by Crippen LogP contribution is 2.46. The van der Waals surface area contributed by atoms with Gasteiger partial charge < -0.3 is 25.4 Å². The fourth-order valence-corrected chi connectivity index (χ4v) is 14.6. The van der Waals surface area contributed by atoms with Crippen molar-refractivity contribution in [2.75, 3.05) is 26.2 Å². The molecular weight excluding hydrogens is 1060 g/mol. The minimum atomic E-state index is -1.91. The second-order valence-corrected chi connectivity index (χ2v) is 26.5. The number of ether oxygens (including phenoxy) is 1. The van der Waals surface area contributed by atoms with E-state index < -0.39 is 47.0 Å². The number of piperidine rings is 1. The highest BCUT2D eigenvalue weighted by atomic mass is 79.9. The second-order valence-electron chi connectivity index (χ2n) is 24.8. The number of Topliss-reactive ketones (excluding diaryl/α,β-unsaturated/α-hetero) is 1. The number of carbonyl (C=O) groups is 3. The summed E-state index contributed by atoms with van der Waals surface area (Å²) in [6, 6.07) is 19.9. The van der Waals surface area contributed by atoms with E-state index in [1.807, 2.05) is 45.3 Å². The molecule has 15 heteroatoms.